The summed E-state index contributed by atoms with van der Waals surface area (Å²) in [5.74, 6) is -0.964. The third kappa shape index (κ3) is 8.99. The van der Waals surface area contributed by atoms with E-state index < -0.39 is 11.8 Å². The molecule has 0 unspecified atom stereocenters. The van der Waals surface area contributed by atoms with E-state index in [-0.39, 0.29) is 6.04 Å². The number of morpholine rings is 1. The second kappa shape index (κ2) is 13.1. The third-order valence-corrected chi connectivity index (χ3v) is 5.46. The fourth-order valence-corrected chi connectivity index (χ4v) is 3.79. The van der Waals surface area contributed by atoms with E-state index in [1.807, 2.05) is 0 Å². The highest BCUT2D eigenvalue weighted by Gasteiger charge is 2.19. The van der Waals surface area contributed by atoms with E-state index in [9.17, 15) is 9.59 Å². The van der Waals surface area contributed by atoms with Crippen molar-refractivity contribution in [1.29, 1.82) is 0 Å². The highest BCUT2D eigenvalue weighted by Crippen LogP contribution is 2.16. The number of nitrogens with one attached hydrogen (secondary N) is 2. The first-order valence-corrected chi connectivity index (χ1v) is 10.6. The Morgan fingerprint density at radius 2 is 1.35 bits per heavy atom. The maximum Gasteiger partial charge on any atom is 0.309 e. The topological polar surface area (TPSA) is 70.7 Å². The second-order valence-electron chi connectivity index (χ2n) is 7.64. The molecule has 0 radical (unpaired) electrons. The van der Waals surface area contributed by atoms with Crippen LogP contribution in [0.15, 0.2) is 0 Å². The molecule has 0 spiro atoms. The number of amides is 2. The van der Waals surface area contributed by atoms with Gasteiger partial charge in [0.05, 0.1) is 13.2 Å². The summed E-state index contributed by atoms with van der Waals surface area (Å²) in [4.78, 5) is 26.5. The fraction of sp³-hybridized carbons (Fsp3) is 0.900. The van der Waals surface area contributed by atoms with Gasteiger partial charge in [0.1, 0.15) is 0 Å². The highest BCUT2D eigenvalue weighted by atomic mass is 16.5. The van der Waals surface area contributed by atoms with Crippen LogP contribution in [0.3, 0.4) is 0 Å². The fourth-order valence-electron chi connectivity index (χ4n) is 3.79. The van der Waals surface area contributed by atoms with Crippen molar-refractivity contribution in [2.75, 3.05) is 39.4 Å². The van der Waals surface area contributed by atoms with E-state index in [2.05, 4.69) is 15.5 Å². The van der Waals surface area contributed by atoms with Crippen LogP contribution in [0.5, 0.6) is 0 Å². The first-order chi connectivity index (χ1) is 12.8. The molecule has 0 aromatic carbocycles. The number of carbonyl (C=O) groups excluding carboxylic acids is 2. The molecule has 2 N–H and O–H groups in total. The standard InChI is InChI=1S/C20H37N3O3/c24-19(21-12-13-23-14-16-26-17-15-23)20(25)22-18-10-8-6-4-2-1-3-5-7-9-11-18/h18H,1-17H2,(H,21,24)(H,22,25). The number of carbonyl (C=O) groups is 2. The van der Waals surface area contributed by atoms with Gasteiger partial charge in [-0.15, -0.1) is 0 Å². The highest BCUT2D eigenvalue weighted by molar-refractivity contribution is 6.35. The molecule has 0 aromatic rings. The lowest BCUT2D eigenvalue weighted by Gasteiger charge is -2.26. The Hall–Kier alpha value is -1.14. The van der Waals surface area contributed by atoms with Crippen molar-refractivity contribution in [1.82, 2.24) is 15.5 Å². The predicted octanol–water partition coefficient (Wildman–Crippen LogP) is 2.22. The van der Waals surface area contributed by atoms with Crippen molar-refractivity contribution >= 4 is 11.8 Å². The molecule has 2 aliphatic rings. The van der Waals surface area contributed by atoms with E-state index in [1.54, 1.807) is 0 Å². The Balaban J connectivity index is 1.65. The zero-order valence-corrected chi connectivity index (χ0v) is 16.3. The van der Waals surface area contributed by atoms with Crippen LogP contribution >= 0.6 is 0 Å². The van der Waals surface area contributed by atoms with Gasteiger partial charge in [-0.2, -0.15) is 0 Å². The summed E-state index contributed by atoms with van der Waals surface area (Å²) >= 11 is 0. The molecule has 0 atom stereocenters. The first kappa shape index (κ1) is 21.2. The van der Waals surface area contributed by atoms with Crippen molar-refractivity contribution in [3.8, 4) is 0 Å². The van der Waals surface area contributed by atoms with Gasteiger partial charge in [-0.25, -0.2) is 0 Å². The van der Waals surface area contributed by atoms with Crippen molar-refractivity contribution in [2.45, 2.75) is 76.7 Å². The van der Waals surface area contributed by atoms with E-state index in [1.165, 1.54) is 44.9 Å². The molecule has 1 aliphatic carbocycles. The summed E-state index contributed by atoms with van der Waals surface area (Å²) < 4.78 is 5.31. The first-order valence-electron chi connectivity index (χ1n) is 10.6. The molecule has 2 amide bonds. The zero-order chi connectivity index (χ0) is 18.5. The van der Waals surface area contributed by atoms with E-state index >= 15 is 0 Å². The number of hydrogen-bond donors (Lipinski definition) is 2. The van der Waals surface area contributed by atoms with Gasteiger partial charge in [0.15, 0.2) is 0 Å². The Kier molecular flexibility index (Phi) is 10.7. The molecule has 1 heterocycles. The smallest absolute Gasteiger partial charge is 0.309 e. The Morgan fingerprint density at radius 1 is 0.808 bits per heavy atom. The lowest BCUT2D eigenvalue weighted by atomic mass is 9.98. The predicted molar refractivity (Wildman–Crippen MR) is 103 cm³/mol. The van der Waals surface area contributed by atoms with Crippen LogP contribution in [-0.2, 0) is 14.3 Å². The Morgan fingerprint density at radius 3 is 1.92 bits per heavy atom. The monoisotopic (exact) mass is 367 g/mol. The second-order valence-corrected chi connectivity index (χ2v) is 7.64. The van der Waals surface area contributed by atoms with Crippen LogP contribution < -0.4 is 10.6 Å². The van der Waals surface area contributed by atoms with Crippen molar-refractivity contribution in [3.05, 3.63) is 0 Å². The van der Waals surface area contributed by atoms with Crippen molar-refractivity contribution in [3.63, 3.8) is 0 Å². The average Bonchev–Trinajstić information content (AvgIpc) is 2.64. The van der Waals surface area contributed by atoms with Gasteiger partial charge in [-0.05, 0) is 12.8 Å². The molecule has 150 valence electrons. The summed E-state index contributed by atoms with van der Waals surface area (Å²) in [6.07, 6.45) is 13.4. The molecule has 6 nitrogen and oxygen atoms in total. The number of ether oxygens (including phenoxy) is 1. The van der Waals surface area contributed by atoms with E-state index in [4.69, 9.17) is 4.74 Å². The van der Waals surface area contributed by atoms with Gasteiger partial charge < -0.3 is 15.4 Å². The molecular weight excluding hydrogens is 330 g/mol. The van der Waals surface area contributed by atoms with Gasteiger partial charge in [-0.1, -0.05) is 57.8 Å². The van der Waals surface area contributed by atoms with Crippen LogP contribution in [0.1, 0.15) is 70.6 Å². The molecule has 6 heteroatoms. The normalized spacial score (nSPS) is 22.0. The minimum absolute atomic E-state index is 0.145. The van der Waals surface area contributed by atoms with Crippen LogP contribution in [-0.4, -0.2) is 62.1 Å². The van der Waals surface area contributed by atoms with Crippen LogP contribution in [0.25, 0.3) is 0 Å². The summed E-state index contributed by atoms with van der Waals surface area (Å²) in [5, 5.41) is 5.73. The van der Waals surface area contributed by atoms with Crippen LogP contribution in [0.4, 0.5) is 0 Å². The molecule has 0 aromatic heterocycles. The number of rotatable bonds is 4. The SMILES string of the molecule is O=C(NCCN1CCOCC1)C(=O)NC1CCCCCCCCCCC1. The Labute approximate surface area is 158 Å². The molecule has 2 rings (SSSR count). The summed E-state index contributed by atoms with van der Waals surface area (Å²) in [6.45, 7) is 4.56. The minimum atomic E-state index is -0.496. The molecule has 26 heavy (non-hydrogen) atoms. The molecular formula is C20H37N3O3. The molecule has 1 saturated heterocycles. The van der Waals surface area contributed by atoms with Gasteiger partial charge in [0, 0.05) is 32.2 Å². The quantitative estimate of drug-likeness (QED) is 0.748. The lowest BCUT2D eigenvalue weighted by Crippen LogP contribution is -2.47. The molecule has 0 bridgehead atoms. The van der Waals surface area contributed by atoms with Crippen molar-refractivity contribution in [2.24, 2.45) is 0 Å². The molecule has 1 aliphatic heterocycles. The maximum absolute atomic E-state index is 12.2. The van der Waals surface area contributed by atoms with Gasteiger partial charge in [-0.3, -0.25) is 14.5 Å². The summed E-state index contributed by atoms with van der Waals surface area (Å²) in [5.41, 5.74) is 0. The molecule has 2 fully saturated rings. The van der Waals surface area contributed by atoms with Crippen molar-refractivity contribution < 1.29 is 14.3 Å². The average molecular weight is 368 g/mol. The van der Waals surface area contributed by atoms with Gasteiger partial charge in [0.25, 0.3) is 0 Å². The van der Waals surface area contributed by atoms with Crippen LogP contribution in [0, 0.1) is 0 Å². The Bertz CT molecular complexity index is 399. The summed E-state index contributed by atoms with van der Waals surface area (Å²) in [7, 11) is 0. The largest absolute Gasteiger partial charge is 0.379 e. The zero-order valence-electron chi connectivity index (χ0n) is 16.3. The minimum Gasteiger partial charge on any atom is -0.379 e. The van der Waals surface area contributed by atoms with E-state index in [0.717, 1.165) is 58.5 Å². The molecule has 1 saturated carbocycles. The van der Waals surface area contributed by atoms with Crippen LogP contribution in [0.2, 0.25) is 0 Å². The lowest BCUT2D eigenvalue weighted by molar-refractivity contribution is -0.139. The number of nitrogens with zero attached hydrogens (tertiary/aromatic N) is 1. The number of hydrogen-bond acceptors (Lipinski definition) is 4. The van der Waals surface area contributed by atoms with E-state index in [0.29, 0.717) is 6.54 Å². The summed E-state index contributed by atoms with van der Waals surface area (Å²) in [6, 6.07) is 0.145. The van der Waals surface area contributed by atoms with Gasteiger partial charge in [0.2, 0.25) is 0 Å². The third-order valence-electron chi connectivity index (χ3n) is 5.46. The van der Waals surface area contributed by atoms with Gasteiger partial charge >= 0.3 is 11.8 Å². The maximum atomic E-state index is 12.2.